The molecule has 0 aromatic heterocycles. The Morgan fingerprint density at radius 1 is 1.09 bits per heavy atom. The number of carbonyl (C=O) groups is 3. The van der Waals surface area contributed by atoms with E-state index >= 15 is 0 Å². The smallest absolute Gasteiger partial charge is 0.252 e. The summed E-state index contributed by atoms with van der Waals surface area (Å²) in [4.78, 5) is 34.7. The average Bonchev–Trinajstić information content (AvgIpc) is 2.53. The quantitative estimate of drug-likeness (QED) is 0.629. The lowest BCUT2D eigenvalue weighted by Gasteiger charge is -2.08. The Kier molecular flexibility index (Phi) is 8.25. The van der Waals surface area contributed by atoms with E-state index in [9.17, 15) is 18.8 Å². The Hall–Kier alpha value is -1.96. The van der Waals surface area contributed by atoms with Crippen LogP contribution in [0, 0.1) is 5.82 Å². The molecule has 0 fully saturated rings. The van der Waals surface area contributed by atoms with Gasteiger partial charge in [-0.3, -0.25) is 14.4 Å². The van der Waals surface area contributed by atoms with Crippen LogP contribution in [0.3, 0.4) is 0 Å². The van der Waals surface area contributed by atoms with Gasteiger partial charge in [-0.05, 0) is 40.5 Å². The van der Waals surface area contributed by atoms with Crippen molar-refractivity contribution in [2.75, 3.05) is 19.6 Å². The van der Waals surface area contributed by atoms with Gasteiger partial charge in [-0.1, -0.05) is 6.92 Å². The lowest BCUT2D eigenvalue weighted by atomic mass is 10.2. The third-order valence-corrected chi connectivity index (χ3v) is 3.52. The predicted octanol–water partition coefficient (Wildman–Crippen LogP) is 1.35. The van der Waals surface area contributed by atoms with Gasteiger partial charge in [-0.15, -0.1) is 0 Å². The van der Waals surface area contributed by atoms with E-state index in [0.29, 0.717) is 11.0 Å². The molecule has 8 heteroatoms. The van der Waals surface area contributed by atoms with Crippen LogP contribution in [0.15, 0.2) is 22.7 Å². The van der Waals surface area contributed by atoms with E-state index in [1.807, 2.05) is 6.92 Å². The summed E-state index contributed by atoms with van der Waals surface area (Å²) in [5, 5.41) is 7.61. The Morgan fingerprint density at radius 2 is 1.83 bits per heavy atom. The number of nitrogens with one attached hydrogen (secondary N) is 3. The van der Waals surface area contributed by atoms with E-state index in [0.717, 1.165) is 12.5 Å². The fraction of sp³-hybridized carbons (Fsp3) is 0.400. The van der Waals surface area contributed by atoms with E-state index in [1.165, 1.54) is 12.1 Å². The van der Waals surface area contributed by atoms with Crippen LogP contribution < -0.4 is 16.0 Å². The molecular weight excluding hydrogens is 369 g/mol. The standard InChI is InChI=1S/C15H19BrFN3O3/c1-2-6-18-14(22)9-20-13(21)5-7-19-15(23)11-8-10(17)3-4-12(11)16/h3-4,8H,2,5-7,9H2,1H3,(H,18,22)(H,19,23)(H,20,21). The zero-order chi connectivity index (χ0) is 17.2. The van der Waals surface area contributed by atoms with Gasteiger partial charge in [-0.25, -0.2) is 4.39 Å². The molecule has 3 amide bonds. The van der Waals surface area contributed by atoms with Crippen molar-refractivity contribution in [3.05, 3.63) is 34.1 Å². The second-order valence-electron chi connectivity index (χ2n) is 4.76. The van der Waals surface area contributed by atoms with Gasteiger partial charge in [0.05, 0.1) is 12.1 Å². The molecule has 6 nitrogen and oxygen atoms in total. The Labute approximate surface area is 142 Å². The molecule has 1 aromatic carbocycles. The summed E-state index contributed by atoms with van der Waals surface area (Å²) in [6.45, 7) is 2.48. The van der Waals surface area contributed by atoms with E-state index in [4.69, 9.17) is 0 Å². The number of rotatable bonds is 8. The van der Waals surface area contributed by atoms with Crippen LogP contribution in [-0.4, -0.2) is 37.4 Å². The molecule has 0 bridgehead atoms. The van der Waals surface area contributed by atoms with Gasteiger partial charge in [0.15, 0.2) is 0 Å². The van der Waals surface area contributed by atoms with Crippen molar-refractivity contribution in [1.82, 2.24) is 16.0 Å². The van der Waals surface area contributed by atoms with Gasteiger partial charge >= 0.3 is 0 Å². The van der Waals surface area contributed by atoms with Crippen molar-refractivity contribution >= 4 is 33.7 Å². The van der Waals surface area contributed by atoms with E-state index < -0.39 is 11.7 Å². The first-order valence-corrected chi connectivity index (χ1v) is 8.00. The monoisotopic (exact) mass is 387 g/mol. The van der Waals surface area contributed by atoms with Crippen LogP contribution in [0.5, 0.6) is 0 Å². The van der Waals surface area contributed by atoms with Crippen molar-refractivity contribution in [2.45, 2.75) is 19.8 Å². The molecule has 0 unspecified atom stereocenters. The highest BCUT2D eigenvalue weighted by Gasteiger charge is 2.11. The van der Waals surface area contributed by atoms with Crippen LogP contribution >= 0.6 is 15.9 Å². The van der Waals surface area contributed by atoms with Crippen molar-refractivity contribution in [3.63, 3.8) is 0 Å². The highest BCUT2D eigenvalue weighted by atomic mass is 79.9. The van der Waals surface area contributed by atoms with Crippen LogP contribution in [0.25, 0.3) is 0 Å². The minimum Gasteiger partial charge on any atom is -0.355 e. The first kappa shape index (κ1) is 19.1. The van der Waals surface area contributed by atoms with E-state index in [-0.39, 0.29) is 36.9 Å². The number of hydrogen-bond acceptors (Lipinski definition) is 3. The van der Waals surface area contributed by atoms with Crippen LogP contribution in [0.4, 0.5) is 4.39 Å². The van der Waals surface area contributed by atoms with Crippen molar-refractivity contribution in [2.24, 2.45) is 0 Å². The predicted molar refractivity (Wildman–Crippen MR) is 87.4 cm³/mol. The molecule has 0 radical (unpaired) electrons. The topological polar surface area (TPSA) is 87.3 Å². The average molecular weight is 388 g/mol. The number of carbonyl (C=O) groups excluding carboxylic acids is 3. The maximum Gasteiger partial charge on any atom is 0.252 e. The molecule has 126 valence electrons. The lowest BCUT2D eigenvalue weighted by Crippen LogP contribution is -2.38. The van der Waals surface area contributed by atoms with E-state index in [2.05, 4.69) is 31.9 Å². The van der Waals surface area contributed by atoms with Crippen molar-refractivity contribution in [3.8, 4) is 0 Å². The number of benzene rings is 1. The summed E-state index contributed by atoms with van der Waals surface area (Å²) < 4.78 is 13.6. The Bertz CT molecular complexity index is 581. The van der Waals surface area contributed by atoms with Gasteiger partial charge in [0.25, 0.3) is 5.91 Å². The lowest BCUT2D eigenvalue weighted by molar-refractivity contribution is -0.126. The molecule has 1 aromatic rings. The zero-order valence-corrected chi connectivity index (χ0v) is 14.3. The number of amides is 3. The van der Waals surface area contributed by atoms with Gasteiger partial charge in [-0.2, -0.15) is 0 Å². The fourth-order valence-electron chi connectivity index (χ4n) is 1.65. The van der Waals surface area contributed by atoms with Gasteiger partial charge < -0.3 is 16.0 Å². The molecule has 0 atom stereocenters. The summed E-state index contributed by atoms with van der Waals surface area (Å²) >= 11 is 3.16. The molecule has 0 aliphatic heterocycles. The molecule has 3 N–H and O–H groups in total. The number of halogens is 2. The summed E-state index contributed by atoms with van der Waals surface area (Å²) in [6.07, 6.45) is 0.848. The first-order chi connectivity index (χ1) is 10.9. The largest absolute Gasteiger partial charge is 0.355 e. The maximum atomic E-state index is 13.1. The van der Waals surface area contributed by atoms with Gasteiger partial charge in [0.2, 0.25) is 11.8 Å². The second kappa shape index (κ2) is 9.94. The SMILES string of the molecule is CCCNC(=O)CNC(=O)CCNC(=O)c1cc(F)ccc1Br. The van der Waals surface area contributed by atoms with Crippen LogP contribution in [-0.2, 0) is 9.59 Å². The maximum absolute atomic E-state index is 13.1. The van der Waals surface area contributed by atoms with Crippen LogP contribution in [0.1, 0.15) is 30.1 Å². The minimum absolute atomic E-state index is 0.0275. The Balaban J connectivity index is 2.30. The second-order valence-corrected chi connectivity index (χ2v) is 5.61. The summed E-state index contributed by atoms with van der Waals surface area (Å²) in [7, 11) is 0. The van der Waals surface area contributed by atoms with Crippen molar-refractivity contribution < 1.29 is 18.8 Å². The molecule has 1 rings (SSSR count). The van der Waals surface area contributed by atoms with Crippen molar-refractivity contribution in [1.29, 1.82) is 0 Å². The van der Waals surface area contributed by atoms with E-state index in [1.54, 1.807) is 0 Å². The van der Waals surface area contributed by atoms with Crippen LogP contribution in [0.2, 0.25) is 0 Å². The molecule has 0 saturated heterocycles. The van der Waals surface area contributed by atoms with Gasteiger partial charge in [0, 0.05) is 24.0 Å². The first-order valence-electron chi connectivity index (χ1n) is 7.20. The highest BCUT2D eigenvalue weighted by Crippen LogP contribution is 2.17. The third kappa shape index (κ3) is 7.23. The third-order valence-electron chi connectivity index (χ3n) is 2.83. The minimum atomic E-state index is -0.519. The molecule has 0 saturated carbocycles. The Morgan fingerprint density at radius 3 is 2.52 bits per heavy atom. The molecule has 0 aliphatic carbocycles. The normalized spacial score (nSPS) is 10.0. The molecule has 0 heterocycles. The molecule has 0 spiro atoms. The number of hydrogen-bond donors (Lipinski definition) is 3. The van der Waals surface area contributed by atoms with Gasteiger partial charge in [0.1, 0.15) is 5.82 Å². The summed E-state index contributed by atoms with van der Waals surface area (Å²) in [6, 6.07) is 3.78. The highest BCUT2D eigenvalue weighted by molar-refractivity contribution is 9.10. The molecular formula is C15H19BrFN3O3. The molecule has 23 heavy (non-hydrogen) atoms. The summed E-state index contributed by atoms with van der Waals surface area (Å²) in [5.74, 6) is -1.61. The molecule has 0 aliphatic rings. The summed E-state index contributed by atoms with van der Waals surface area (Å²) in [5.41, 5.74) is 0.157. The zero-order valence-electron chi connectivity index (χ0n) is 12.7. The fourth-order valence-corrected chi connectivity index (χ4v) is 2.08.